The Bertz CT molecular complexity index is 546. The van der Waals surface area contributed by atoms with Crippen LogP contribution in [0.25, 0.3) is 11.1 Å². The molecule has 0 bridgehead atoms. The molecule has 0 aliphatic rings. The average molecular weight is 246 g/mol. The molecule has 1 amide bonds. The summed E-state index contributed by atoms with van der Waals surface area (Å²) < 4.78 is 5.48. The van der Waals surface area contributed by atoms with Crippen molar-refractivity contribution in [2.24, 2.45) is 0 Å². The Morgan fingerprint density at radius 1 is 1.44 bits per heavy atom. The van der Waals surface area contributed by atoms with Crippen LogP contribution in [0, 0.1) is 6.92 Å². The van der Waals surface area contributed by atoms with Crippen LogP contribution in [-0.2, 0) is 11.2 Å². The van der Waals surface area contributed by atoms with Crippen molar-refractivity contribution in [1.29, 1.82) is 0 Å². The lowest BCUT2D eigenvalue weighted by molar-refractivity contribution is -0.121. The van der Waals surface area contributed by atoms with Gasteiger partial charge in [-0.2, -0.15) is 0 Å². The second-order valence-corrected chi connectivity index (χ2v) is 4.38. The number of hydrogen-bond donors (Lipinski definition) is 1. The van der Waals surface area contributed by atoms with Crippen LogP contribution in [0.4, 0.5) is 0 Å². The van der Waals surface area contributed by atoms with Crippen LogP contribution in [0.5, 0.6) is 0 Å². The molecule has 1 heterocycles. The van der Waals surface area contributed by atoms with E-state index in [9.17, 15) is 4.79 Å². The zero-order chi connectivity index (χ0) is 13.0. The van der Waals surface area contributed by atoms with Crippen LogP contribution >= 0.6 is 0 Å². The third-order valence-corrected chi connectivity index (χ3v) is 2.77. The first-order chi connectivity index (χ1) is 8.69. The number of rotatable bonds is 5. The van der Waals surface area contributed by atoms with Crippen LogP contribution in [-0.4, -0.2) is 17.4 Å². The number of hydrogen-bond acceptors (Lipinski definition) is 3. The first-order valence-electron chi connectivity index (χ1n) is 6.32. The van der Waals surface area contributed by atoms with Crippen LogP contribution < -0.4 is 5.32 Å². The van der Waals surface area contributed by atoms with Gasteiger partial charge in [-0.15, -0.1) is 0 Å². The maximum atomic E-state index is 11.3. The van der Waals surface area contributed by atoms with Crippen LogP contribution in [0.3, 0.4) is 0 Å². The third-order valence-electron chi connectivity index (χ3n) is 2.77. The highest BCUT2D eigenvalue weighted by Crippen LogP contribution is 2.16. The molecule has 0 unspecified atom stereocenters. The van der Waals surface area contributed by atoms with Crippen molar-refractivity contribution in [1.82, 2.24) is 10.3 Å². The van der Waals surface area contributed by atoms with E-state index in [1.807, 2.05) is 32.0 Å². The predicted octanol–water partition coefficient (Wildman–Crippen LogP) is 2.60. The molecule has 4 heteroatoms. The van der Waals surface area contributed by atoms with Crippen LogP contribution in [0.15, 0.2) is 22.6 Å². The van der Waals surface area contributed by atoms with Gasteiger partial charge in [-0.05, 0) is 30.5 Å². The van der Waals surface area contributed by atoms with Gasteiger partial charge >= 0.3 is 0 Å². The zero-order valence-electron chi connectivity index (χ0n) is 10.8. The number of fused-ring (bicyclic) bond motifs is 1. The number of amides is 1. The molecular weight excluding hydrogens is 228 g/mol. The summed E-state index contributed by atoms with van der Waals surface area (Å²) in [6.07, 6.45) is 2.29. The molecule has 96 valence electrons. The van der Waals surface area contributed by atoms with E-state index < -0.39 is 0 Å². The molecule has 18 heavy (non-hydrogen) atoms. The highest BCUT2D eigenvalue weighted by molar-refractivity contribution is 5.76. The molecule has 4 nitrogen and oxygen atoms in total. The predicted molar refractivity (Wildman–Crippen MR) is 70.4 cm³/mol. The number of carbonyl (C=O) groups excluding carboxylic acids is 1. The Hall–Kier alpha value is -1.84. The van der Waals surface area contributed by atoms with E-state index in [4.69, 9.17) is 4.42 Å². The summed E-state index contributed by atoms with van der Waals surface area (Å²) >= 11 is 0. The molecule has 2 aromatic rings. The number of benzene rings is 1. The maximum Gasteiger partial charge on any atom is 0.219 e. The van der Waals surface area contributed by atoms with Crippen molar-refractivity contribution >= 4 is 17.0 Å². The molecule has 1 N–H and O–H groups in total. The van der Waals surface area contributed by atoms with Gasteiger partial charge in [-0.25, -0.2) is 4.98 Å². The summed E-state index contributed by atoms with van der Waals surface area (Å²) in [4.78, 5) is 15.6. The first-order valence-corrected chi connectivity index (χ1v) is 6.32. The van der Waals surface area contributed by atoms with Crippen molar-refractivity contribution < 1.29 is 9.21 Å². The van der Waals surface area contributed by atoms with Crippen molar-refractivity contribution in [3.63, 3.8) is 0 Å². The van der Waals surface area contributed by atoms with Gasteiger partial charge in [0.1, 0.15) is 5.52 Å². The summed E-state index contributed by atoms with van der Waals surface area (Å²) in [7, 11) is 0. The lowest BCUT2D eigenvalue weighted by Gasteiger charge is -2.04. The first kappa shape index (κ1) is 12.6. The van der Waals surface area contributed by atoms with Crippen LogP contribution in [0.2, 0.25) is 0 Å². The minimum Gasteiger partial charge on any atom is -0.441 e. The van der Waals surface area contributed by atoms with Gasteiger partial charge in [0.25, 0.3) is 0 Å². The molecule has 0 aliphatic heterocycles. The number of aryl methyl sites for hydroxylation is 1. The summed E-state index contributed by atoms with van der Waals surface area (Å²) in [6.45, 7) is 4.50. The summed E-state index contributed by atoms with van der Waals surface area (Å²) in [5, 5.41) is 2.90. The minimum atomic E-state index is 0.120. The van der Waals surface area contributed by atoms with Crippen LogP contribution in [0.1, 0.15) is 31.2 Å². The van der Waals surface area contributed by atoms with Crippen molar-refractivity contribution in [3.05, 3.63) is 29.7 Å². The Balaban J connectivity index is 1.93. The van der Waals surface area contributed by atoms with Gasteiger partial charge in [-0.3, -0.25) is 4.79 Å². The number of carbonyl (C=O) groups is 1. The van der Waals surface area contributed by atoms with E-state index in [1.54, 1.807) is 0 Å². The molecule has 1 aromatic heterocycles. The Morgan fingerprint density at radius 3 is 3.06 bits per heavy atom. The molecule has 0 saturated heterocycles. The van der Waals surface area contributed by atoms with Gasteiger partial charge < -0.3 is 9.73 Å². The average Bonchev–Trinajstić information content (AvgIpc) is 2.69. The SMILES string of the molecule is CCCC(=O)NCCc1ccc2nc(C)oc2c1. The Morgan fingerprint density at radius 2 is 2.28 bits per heavy atom. The van der Waals surface area contributed by atoms with E-state index >= 15 is 0 Å². The van der Waals surface area contributed by atoms with Gasteiger partial charge in [0.2, 0.25) is 5.91 Å². The fourth-order valence-corrected chi connectivity index (χ4v) is 1.90. The number of nitrogens with zero attached hydrogens (tertiary/aromatic N) is 1. The maximum absolute atomic E-state index is 11.3. The van der Waals surface area contributed by atoms with E-state index in [0.717, 1.165) is 29.5 Å². The molecule has 0 radical (unpaired) electrons. The van der Waals surface area contributed by atoms with Gasteiger partial charge in [0, 0.05) is 19.9 Å². The monoisotopic (exact) mass is 246 g/mol. The Kier molecular flexibility index (Phi) is 3.97. The van der Waals surface area contributed by atoms with Crippen molar-refractivity contribution in [2.45, 2.75) is 33.1 Å². The van der Waals surface area contributed by atoms with Crippen molar-refractivity contribution in [2.75, 3.05) is 6.54 Å². The van der Waals surface area contributed by atoms with Gasteiger partial charge in [0.15, 0.2) is 11.5 Å². The Labute approximate surface area is 106 Å². The highest BCUT2D eigenvalue weighted by Gasteiger charge is 2.04. The molecule has 0 fully saturated rings. The fraction of sp³-hybridized carbons (Fsp3) is 0.429. The molecule has 0 aliphatic carbocycles. The number of nitrogens with one attached hydrogen (secondary N) is 1. The van der Waals surface area contributed by atoms with Crippen molar-refractivity contribution in [3.8, 4) is 0 Å². The van der Waals surface area contributed by atoms with E-state index in [-0.39, 0.29) is 5.91 Å². The molecule has 1 aromatic carbocycles. The fourth-order valence-electron chi connectivity index (χ4n) is 1.90. The summed E-state index contributed by atoms with van der Waals surface area (Å²) in [6, 6.07) is 5.96. The second-order valence-electron chi connectivity index (χ2n) is 4.38. The topological polar surface area (TPSA) is 55.1 Å². The smallest absolute Gasteiger partial charge is 0.219 e. The van der Waals surface area contributed by atoms with E-state index in [1.165, 1.54) is 0 Å². The van der Waals surface area contributed by atoms with E-state index in [2.05, 4.69) is 10.3 Å². The highest BCUT2D eigenvalue weighted by atomic mass is 16.3. The summed E-state index contributed by atoms with van der Waals surface area (Å²) in [5.41, 5.74) is 2.84. The third kappa shape index (κ3) is 3.09. The second kappa shape index (κ2) is 5.67. The lowest BCUT2D eigenvalue weighted by atomic mass is 10.1. The lowest BCUT2D eigenvalue weighted by Crippen LogP contribution is -2.25. The normalized spacial score (nSPS) is 10.8. The minimum absolute atomic E-state index is 0.120. The molecule has 0 spiro atoms. The standard InChI is InChI=1S/C14H18N2O2/c1-3-4-14(17)15-8-7-11-5-6-12-13(9-11)18-10(2)16-12/h5-6,9H,3-4,7-8H2,1-2H3,(H,15,17). The summed E-state index contributed by atoms with van der Waals surface area (Å²) in [5.74, 6) is 0.799. The quantitative estimate of drug-likeness (QED) is 0.882. The molecule has 0 atom stereocenters. The largest absolute Gasteiger partial charge is 0.441 e. The van der Waals surface area contributed by atoms with Gasteiger partial charge in [0.05, 0.1) is 0 Å². The number of oxazole rings is 1. The number of aromatic nitrogens is 1. The zero-order valence-corrected chi connectivity index (χ0v) is 10.8. The van der Waals surface area contributed by atoms with Gasteiger partial charge in [-0.1, -0.05) is 13.0 Å². The van der Waals surface area contributed by atoms with E-state index in [0.29, 0.717) is 18.9 Å². The molecule has 2 rings (SSSR count). The molecular formula is C14H18N2O2. The molecule has 0 saturated carbocycles.